The monoisotopic (exact) mass is 393 g/mol. The van der Waals surface area contributed by atoms with Gasteiger partial charge in [0.15, 0.2) is 11.9 Å². The van der Waals surface area contributed by atoms with E-state index in [-0.39, 0.29) is 16.5 Å². The van der Waals surface area contributed by atoms with Gasteiger partial charge in [-0.15, -0.1) is 13.2 Å². The molecule has 1 N–H and O–H groups in total. The van der Waals surface area contributed by atoms with E-state index in [0.29, 0.717) is 5.02 Å². The molecule has 0 aliphatic rings. The number of hydrogen-bond donors (Lipinski definition) is 1. The maximum absolute atomic E-state index is 12.4. The number of carbonyl (C=O) groups excluding carboxylic acids is 1. The molecule has 0 aliphatic carbocycles. The molecule has 0 bridgehead atoms. The van der Waals surface area contributed by atoms with E-state index in [9.17, 15) is 18.0 Å². The minimum atomic E-state index is -4.88. The van der Waals surface area contributed by atoms with Gasteiger partial charge < -0.3 is 14.8 Å². The Balaban J connectivity index is 2.09. The zero-order valence-electron chi connectivity index (χ0n) is 12.7. The van der Waals surface area contributed by atoms with Crippen molar-refractivity contribution in [3.8, 4) is 11.5 Å². The second-order valence-corrected chi connectivity index (χ2v) is 5.71. The first-order valence-corrected chi connectivity index (χ1v) is 7.68. The fourth-order valence-electron chi connectivity index (χ4n) is 1.83. The van der Waals surface area contributed by atoms with Crippen molar-refractivity contribution < 1.29 is 27.4 Å². The number of carbonyl (C=O) groups is 1. The molecular formula is C16H12Cl2F3NO3. The van der Waals surface area contributed by atoms with Crippen LogP contribution in [0.2, 0.25) is 10.0 Å². The van der Waals surface area contributed by atoms with Gasteiger partial charge in [0.05, 0.1) is 10.7 Å². The number of rotatable bonds is 5. The van der Waals surface area contributed by atoms with Crippen LogP contribution >= 0.6 is 23.2 Å². The summed E-state index contributed by atoms with van der Waals surface area (Å²) in [5, 5.41) is 2.92. The van der Waals surface area contributed by atoms with Gasteiger partial charge in [-0.1, -0.05) is 35.3 Å². The lowest BCUT2D eigenvalue weighted by Gasteiger charge is -2.18. The smallest absolute Gasteiger partial charge is 0.479 e. The fourth-order valence-corrected chi connectivity index (χ4v) is 2.29. The highest BCUT2D eigenvalue weighted by molar-refractivity contribution is 6.35. The Morgan fingerprint density at radius 3 is 2.44 bits per heavy atom. The molecule has 1 unspecified atom stereocenters. The van der Waals surface area contributed by atoms with E-state index in [2.05, 4.69) is 10.1 Å². The minimum Gasteiger partial charge on any atom is -0.479 e. The molecule has 0 saturated carbocycles. The van der Waals surface area contributed by atoms with E-state index in [1.165, 1.54) is 43.3 Å². The minimum absolute atomic E-state index is 0.137. The van der Waals surface area contributed by atoms with Gasteiger partial charge >= 0.3 is 6.36 Å². The molecule has 4 nitrogen and oxygen atoms in total. The highest BCUT2D eigenvalue weighted by Gasteiger charge is 2.32. The average molecular weight is 394 g/mol. The molecule has 25 heavy (non-hydrogen) atoms. The van der Waals surface area contributed by atoms with E-state index >= 15 is 0 Å². The third kappa shape index (κ3) is 5.72. The van der Waals surface area contributed by atoms with Crippen LogP contribution in [0.15, 0.2) is 42.5 Å². The van der Waals surface area contributed by atoms with Gasteiger partial charge in [-0.05, 0) is 37.3 Å². The highest BCUT2D eigenvalue weighted by Crippen LogP contribution is 2.31. The van der Waals surface area contributed by atoms with Crippen LogP contribution in [0.3, 0.4) is 0 Å². The Kier molecular flexibility index (Phi) is 6.02. The van der Waals surface area contributed by atoms with Crippen molar-refractivity contribution in [2.75, 3.05) is 5.32 Å². The van der Waals surface area contributed by atoms with Crippen molar-refractivity contribution >= 4 is 34.8 Å². The first kappa shape index (κ1) is 19.2. The summed E-state index contributed by atoms with van der Waals surface area (Å²) in [6.45, 7) is 1.42. The van der Waals surface area contributed by atoms with E-state index in [1.54, 1.807) is 0 Å². The Hall–Kier alpha value is -2.12. The number of anilines is 1. The topological polar surface area (TPSA) is 47.6 Å². The molecule has 0 spiro atoms. The van der Waals surface area contributed by atoms with Crippen molar-refractivity contribution in [1.82, 2.24) is 0 Å². The summed E-state index contributed by atoms with van der Waals surface area (Å²) in [6.07, 6.45) is -5.91. The fraction of sp³-hybridized carbons (Fsp3) is 0.188. The predicted octanol–water partition coefficient (Wildman–Crippen LogP) is 5.30. The summed E-state index contributed by atoms with van der Waals surface area (Å²) in [4.78, 5) is 12.2. The van der Waals surface area contributed by atoms with Gasteiger partial charge in [0.1, 0.15) is 5.75 Å². The number of para-hydroxylation sites is 2. The van der Waals surface area contributed by atoms with Crippen LogP contribution < -0.4 is 14.8 Å². The Bertz CT molecular complexity index is 769. The highest BCUT2D eigenvalue weighted by atomic mass is 35.5. The summed E-state index contributed by atoms with van der Waals surface area (Å²) < 4.78 is 46.5. The normalized spacial score (nSPS) is 12.4. The average Bonchev–Trinajstić information content (AvgIpc) is 2.50. The lowest BCUT2D eigenvalue weighted by atomic mass is 10.2. The Morgan fingerprint density at radius 2 is 1.80 bits per heavy atom. The molecule has 2 aromatic carbocycles. The van der Waals surface area contributed by atoms with Crippen molar-refractivity contribution in [1.29, 1.82) is 0 Å². The maximum atomic E-state index is 12.4. The van der Waals surface area contributed by atoms with Gasteiger partial charge in [-0.25, -0.2) is 0 Å². The molecular weight excluding hydrogens is 382 g/mol. The van der Waals surface area contributed by atoms with Crippen molar-refractivity contribution in [3.05, 3.63) is 52.5 Å². The van der Waals surface area contributed by atoms with Gasteiger partial charge in [0.2, 0.25) is 0 Å². The second-order valence-electron chi connectivity index (χ2n) is 4.87. The summed E-state index contributed by atoms with van der Waals surface area (Å²) in [7, 11) is 0. The molecule has 1 atom stereocenters. The molecule has 0 heterocycles. The van der Waals surface area contributed by atoms with Crippen LogP contribution in [0, 0.1) is 0 Å². The van der Waals surface area contributed by atoms with Gasteiger partial charge in [-0.2, -0.15) is 0 Å². The number of amides is 1. The van der Waals surface area contributed by atoms with Crippen LogP contribution in [0.25, 0.3) is 0 Å². The van der Waals surface area contributed by atoms with E-state index in [1.807, 2.05) is 0 Å². The first-order valence-electron chi connectivity index (χ1n) is 6.93. The third-order valence-corrected chi connectivity index (χ3v) is 3.47. The molecule has 1 amide bonds. The number of halogens is 5. The largest absolute Gasteiger partial charge is 0.573 e. The molecule has 2 rings (SSSR count). The van der Waals surface area contributed by atoms with Gasteiger partial charge in [0.25, 0.3) is 5.91 Å². The number of benzene rings is 2. The summed E-state index contributed by atoms with van der Waals surface area (Å²) in [6, 6.07) is 9.63. The molecule has 134 valence electrons. The predicted molar refractivity (Wildman–Crippen MR) is 88.3 cm³/mol. The zero-order valence-corrected chi connectivity index (χ0v) is 14.2. The first-order chi connectivity index (χ1) is 11.7. The van der Waals surface area contributed by atoms with Gasteiger partial charge in [-0.3, -0.25) is 4.79 Å². The van der Waals surface area contributed by atoms with Crippen LogP contribution in [0.1, 0.15) is 6.92 Å². The summed E-state index contributed by atoms with van der Waals surface area (Å²) in [5.74, 6) is -0.988. The molecule has 9 heteroatoms. The zero-order chi connectivity index (χ0) is 18.6. The lowest BCUT2D eigenvalue weighted by Crippen LogP contribution is -2.30. The quantitative estimate of drug-likeness (QED) is 0.749. The molecule has 0 saturated heterocycles. The molecule has 2 aromatic rings. The molecule has 0 fully saturated rings. The lowest BCUT2D eigenvalue weighted by molar-refractivity contribution is -0.274. The maximum Gasteiger partial charge on any atom is 0.573 e. The molecule has 0 radical (unpaired) electrons. The number of alkyl halides is 3. The van der Waals surface area contributed by atoms with Crippen LogP contribution in [-0.4, -0.2) is 18.4 Å². The Labute approximate surface area is 151 Å². The van der Waals surface area contributed by atoms with E-state index in [0.717, 1.165) is 6.07 Å². The Morgan fingerprint density at radius 1 is 1.12 bits per heavy atom. The molecule has 0 aromatic heterocycles. The summed E-state index contributed by atoms with van der Waals surface area (Å²) in [5.41, 5.74) is -0.137. The van der Waals surface area contributed by atoms with Crippen LogP contribution in [0.4, 0.5) is 18.9 Å². The third-order valence-electron chi connectivity index (χ3n) is 2.94. The SMILES string of the molecule is CC(Oc1ccc(Cl)cc1Cl)C(=O)Nc1ccccc1OC(F)(F)F. The molecule has 0 aliphatic heterocycles. The number of ether oxygens (including phenoxy) is 2. The van der Waals surface area contributed by atoms with Crippen LogP contribution in [-0.2, 0) is 4.79 Å². The van der Waals surface area contributed by atoms with Crippen molar-refractivity contribution in [2.24, 2.45) is 0 Å². The van der Waals surface area contributed by atoms with Crippen LogP contribution in [0.5, 0.6) is 11.5 Å². The number of hydrogen-bond acceptors (Lipinski definition) is 3. The van der Waals surface area contributed by atoms with Gasteiger partial charge in [0, 0.05) is 5.02 Å². The van der Waals surface area contributed by atoms with Crippen molar-refractivity contribution in [2.45, 2.75) is 19.4 Å². The summed E-state index contributed by atoms with van der Waals surface area (Å²) >= 11 is 11.7. The van der Waals surface area contributed by atoms with E-state index in [4.69, 9.17) is 27.9 Å². The second kappa shape index (κ2) is 7.84. The van der Waals surface area contributed by atoms with E-state index < -0.39 is 24.1 Å². The standard InChI is InChI=1S/C16H12Cl2F3NO3/c1-9(24-13-7-6-10(17)8-11(13)18)15(23)22-12-4-2-3-5-14(12)25-16(19,20)21/h2-9H,1H3,(H,22,23). The van der Waals surface area contributed by atoms with Crippen molar-refractivity contribution in [3.63, 3.8) is 0 Å². The number of nitrogens with one attached hydrogen (secondary N) is 1.